The van der Waals surface area contributed by atoms with Crippen molar-refractivity contribution in [3.8, 4) is 5.75 Å². The van der Waals surface area contributed by atoms with E-state index in [1.54, 1.807) is 0 Å². The van der Waals surface area contributed by atoms with Crippen molar-refractivity contribution in [1.29, 1.82) is 0 Å². The summed E-state index contributed by atoms with van der Waals surface area (Å²) < 4.78 is 5.67. The molecule has 1 aliphatic heterocycles. The molecule has 13 nitrogen and oxygen atoms in total. The van der Waals surface area contributed by atoms with Crippen molar-refractivity contribution < 1.29 is 14.3 Å². The van der Waals surface area contributed by atoms with Crippen LogP contribution in [0.4, 0.5) is 11.6 Å². The Kier molecular flexibility index (Phi) is 12.7. The van der Waals surface area contributed by atoms with Crippen LogP contribution in [-0.4, -0.2) is 52.9 Å². The van der Waals surface area contributed by atoms with Gasteiger partial charge in [0.25, 0.3) is 11.8 Å². The first-order valence-corrected chi connectivity index (χ1v) is 11.2. The summed E-state index contributed by atoms with van der Waals surface area (Å²) in [5.74, 6) is -0.316. The summed E-state index contributed by atoms with van der Waals surface area (Å²) in [5.41, 5.74) is 23.3. The van der Waals surface area contributed by atoms with Gasteiger partial charge in [0.2, 0.25) is 0 Å². The maximum atomic E-state index is 12.2. The number of nitrogens with one attached hydrogen (secondary N) is 2. The minimum Gasteiger partial charge on any atom is -0.494 e. The normalized spacial score (nSPS) is 14.6. The molecular weight excluding hydrogens is 547 g/mol. The molecule has 1 aromatic heterocycles. The zero-order chi connectivity index (χ0) is 25.4. The number of guanidine groups is 2. The number of aromatic nitrogens is 2. The minimum atomic E-state index is -0.677. The van der Waals surface area contributed by atoms with Gasteiger partial charge in [0, 0.05) is 13.0 Å². The molecule has 1 atom stereocenters. The number of benzene rings is 1. The number of amides is 2. The summed E-state index contributed by atoms with van der Waals surface area (Å²) in [6, 6.07) is 7.22. The fourth-order valence-electron chi connectivity index (χ4n) is 3.17. The van der Waals surface area contributed by atoms with Crippen molar-refractivity contribution in [2.45, 2.75) is 31.7 Å². The van der Waals surface area contributed by atoms with E-state index < -0.39 is 11.9 Å². The van der Waals surface area contributed by atoms with Gasteiger partial charge in [-0.1, -0.05) is 23.7 Å². The second-order valence-electron chi connectivity index (χ2n) is 7.61. The van der Waals surface area contributed by atoms with Gasteiger partial charge < -0.3 is 27.7 Å². The molecule has 2 heterocycles. The largest absolute Gasteiger partial charge is 0.494 e. The lowest BCUT2D eigenvalue weighted by atomic mass is 10.1. The molecule has 1 aliphatic rings. The Hall–Kier alpha value is -3.55. The Morgan fingerprint density at radius 2 is 1.81 bits per heavy atom. The van der Waals surface area contributed by atoms with Crippen molar-refractivity contribution in [3.63, 3.8) is 0 Å². The van der Waals surface area contributed by atoms with Gasteiger partial charge in [-0.15, -0.1) is 24.8 Å². The molecule has 0 saturated heterocycles. The molecular formula is C21H29Cl3N10O3. The van der Waals surface area contributed by atoms with Gasteiger partial charge in [-0.05, 0) is 37.0 Å². The monoisotopic (exact) mass is 574 g/mol. The van der Waals surface area contributed by atoms with E-state index in [0.717, 1.165) is 24.8 Å². The van der Waals surface area contributed by atoms with Crippen LogP contribution in [0.25, 0.3) is 0 Å². The van der Waals surface area contributed by atoms with E-state index in [-0.39, 0.29) is 65.1 Å². The van der Waals surface area contributed by atoms with Crippen molar-refractivity contribution in [2.24, 2.45) is 21.5 Å². The molecule has 0 radical (unpaired) electrons. The summed E-state index contributed by atoms with van der Waals surface area (Å²) in [6.45, 7) is 0.785. The Balaban J connectivity index is 0.00000342. The Labute approximate surface area is 230 Å². The highest BCUT2D eigenvalue weighted by molar-refractivity contribution is 6.31. The topological polar surface area (TPSA) is 222 Å². The van der Waals surface area contributed by atoms with Crippen LogP contribution in [0.3, 0.4) is 0 Å². The number of ether oxygens (including phenoxy) is 1. The van der Waals surface area contributed by atoms with E-state index >= 15 is 0 Å². The van der Waals surface area contributed by atoms with Crippen LogP contribution in [0, 0.1) is 0 Å². The number of carbonyl (C=O) groups excluding carboxylic acids is 2. The molecule has 3 rings (SSSR count). The lowest BCUT2D eigenvalue weighted by molar-refractivity contribution is -0.120. The highest BCUT2D eigenvalue weighted by Gasteiger charge is 2.24. The standard InChI is InChI=1S/C21H27ClN10O3.2ClH/c22-15-17(24)30-16(23)14(29-15)19(34)32-20(25)27-9-2-1-3-11-4-6-12(7-5-11)35-10-8-13-18(33)31-21(26)28-13;;/h4-7,13H,1-3,8-10H2,(H4,23,24,30)(H3,25,27,32,34)(H3,26,28,31,33);2*1H. The van der Waals surface area contributed by atoms with Crippen LogP contribution >= 0.6 is 36.4 Å². The third-order valence-electron chi connectivity index (χ3n) is 4.95. The highest BCUT2D eigenvalue weighted by atomic mass is 35.5. The molecule has 2 amide bonds. The predicted octanol–water partition coefficient (Wildman–Crippen LogP) is 0.787. The number of halogens is 3. The number of nitrogens with two attached hydrogens (primary N) is 4. The van der Waals surface area contributed by atoms with Crippen LogP contribution in [0.2, 0.25) is 5.15 Å². The van der Waals surface area contributed by atoms with E-state index in [2.05, 4.69) is 30.6 Å². The van der Waals surface area contributed by atoms with E-state index in [0.29, 0.717) is 25.3 Å². The number of hydrogen-bond acceptors (Lipinski definition) is 10. The number of aliphatic imine (C=N–C) groups is 2. The maximum absolute atomic E-state index is 12.2. The van der Waals surface area contributed by atoms with Crippen LogP contribution in [0.1, 0.15) is 35.3 Å². The molecule has 10 N–H and O–H groups in total. The third kappa shape index (κ3) is 9.44. The number of nitrogens with zero attached hydrogens (tertiary/aromatic N) is 4. The Bertz CT molecular complexity index is 1150. The summed E-state index contributed by atoms with van der Waals surface area (Å²) >= 11 is 5.78. The zero-order valence-electron chi connectivity index (χ0n) is 19.6. The first kappa shape index (κ1) is 31.5. The van der Waals surface area contributed by atoms with Crippen LogP contribution in [-0.2, 0) is 11.2 Å². The molecule has 202 valence electrons. The van der Waals surface area contributed by atoms with Gasteiger partial charge in [0.1, 0.15) is 11.8 Å². The zero-order valence-corrected chi connectivity index (χ0v) is 22.0. The Morgan fingerprint density at radius 1 is 1.11 bits per heavy atom. The summed E-state index contributed by atoms with van der Waals surface area (Å²) in [7, 11) is 0. The van der Waals surface area contributed by atoms with Crippen molar-refractivity contribution in [3.05, 3.63) is 40.7 Å². The van der Waals surface area contributed by atoms with Gasteiger partial charge >= 0.3 is 0 Å². The smallest absolute Gasteiger partial charge is 0.280 e. The van der Waals surface area contributed by atoms with E-state index in [4.69, 9.17) is 39.3 Å². The molecule has 0 fully saturated rings. The van der Waals surface area contributed by atoms with Gasteiger partial charge in [0.05, 0.1) is 6.61 Å². The molecule has 0 aliphatic carbocycles. The first-order valence-electron chi connectivity index (χ1n) is 10.8. The minimum absolute atomic E-state index is 0. The number of anilines is 2. The number of nitrogen functional groups attached to an aromatic ring is 2. The lowest BCUT2D eigenvalue weighted by Gasteiger charge is -2.09. The molecule has 0 spiro atoms. The van der Waals surface area contributed by atoms with E-state index in [1.807, 2.05) is 24.3 Å². The molecule has 37 heavy (non-hydrogen) atoms. The van der Waals surface area contributed by atoms with Gasteiger partial charge in [-0.25, -0.2) is 15.0 Å². The molecule has 2 aromatic rings. The highest BCUT2D eigenvalue weighted by Crippen LogP contribution is 2.17. The molecule has 1 unspecified atom stereocenters. The second-order valence-corrected chi connectivity index (χ2v) is 7.97. The Morgan fingerprint density at radius 3 is 2.46 bits per heavy atom. The van der Waals surface area contributed by atoms with Crippen LogP contribution < -0.4 is 38.3 Å². The summed E-state index contributed by atoms with van der Waals surface area (Å²) in [5, 5.41) is 4.73. The average molecular weight is 576 g/mol. The quantitative estimate of drug-likeness (QED) is 0.134. The summed E-state index contributed by atoms with van der Waals surface area (Å²) in [4.78, 5) is 39.5. The number of unbranched alkanes of at least 4 members (excludes halogenated alkanes) is 1. The van der Waals surface area contributed by atoms with Crippen molar-refractivity contribution in [2.75, 3.05) is 24.6 Å². The average Bonchev–Trinajstić information content (AvgIpc) is 3.13. The molecule has 1 aromatic carbocycles. The van der Waals surface area contributed by atoms with Gasteiger partial charge in [-0.2, -0.15) is 0 Å². The van der Waals surface area contributed by atoms with Crippen molar-refractivity contribution in [1.82, 2.24) is 20.6 Å². The predicted molar refractivity (Wildman–Crippen MR) is 147 cm³/mol. The number of carbonyl (C=O) groups is 2. The maximum Gasteiger partial charge on any atom is 0.280 e. The van der Waals surface area contributed by atoms with E-state index in [1.165, 1.54) is 0 Å². The van der Waals surface area contributed by atoms with Crippen LogP contribution in [0.15, 0.2) is 34.3 Å². The fraction of sp³-hybridized carbons (Fsp3) is 0.333. The SMILES string of the molecule is Cl.Cl.NC(=NCCCCc1ccc(OCCC2N=C(N)NC2=O)cc1)NC(=O)c1nc(Cl)c(N)nc1N. The second kappa shape index (κ2) is 14.9. The molecule has 0 saturated carbocycles. The first-order chi connectivity index (χ1) is 16.7. The van der Waals surface area contributed by atoms with Gasteiger partial charge in [0.15, 0.2) is 34.4 Å². The fourth-order valence-corrected chi connectivity index (χ4v) is 3.30. The number of rotatable bonds is 10. The van der Waals surface area contributed by atoms with Crippen LogP contribution in [0.5, 0.6) is 5.75 Å². The van der Waals surface area contributed by atoms with Crippen molar-refractivity contribution >= 4 is 71.8 Å². The summed E-state index contributed by atoms with van der Waals surface area (Å²) in [6.07, 6.45) is 2.92. The molecule has 16 heteroatoms. The third-order valence-corrected chi connectivity index (χ3v) is 5.23. The van der Waals surface area contributed by atoms with E-state index in [9.17, 15) is 9.59 Å². The van der Waals surface area contributed by atoms with Gasteiger partial charge in [-0.3, -0.25) is 25.2 Å². The molecule has 0 bridgehead atoms. The number of hydrogen-bond donors (Lipinski definition) is 6. The number of aryl methyl sites for hydroxylation is 1. The lowest BCUT2D eigenvalue weighted by Crippen LogP contribution is -2.38.